The number of thiophene rings is 2. The molecule has 3 heterocycles. The first-order valence-corrected chi connectivity index (χ1v) is 15.5. The Morgan fingerprint density at radius 1 is 0.741 bits per heavy atom. The van der Waals surface area contributed by atoms with Crippen molar-refractivity contribution in [2.45, 2.75) is 62.4 Å². The Morgan fingerprint density at radius 3 is 1.44 bits per heavy atom. The Kier molecular flexibility index (Phi) is 5.83. The normalized spacial score (nSPS) is 15.9. The van der Waals surface area contributed by atoms with Gasteiger partial charge in [-0.25, -0.2) is 0 Å². The average molecular weight is 487 g/mol. The van der Waals surface area contributed by atoms with Crippen molar-refractivity contribution in [1.82, 2.24) is 0 Å². The molecule has 0 nitrogen and oxygen atoms in total. The first-order valence-electron chi connectivity index (χ1n) is 8.77. The fraction of sp³-hybridized carbons (Fsp3) is 0.556. The summed E-state index contributed by atoms with van der Waals surface area (Å²) in [5.74, 6) is 0. The summed E-state index contributed by atoms with van der Waals surface area (Å²) in [5.41, 5.74) is 0. The third kappa shape index (κ3) is 4.58. The molecule has 0 saturated carbocycles. The van der Waals surface area contributed by atoms with E-state index in [0.717, 1.165) is 28.3 Å². The molecular formula is C18H20F6GeS2. The molecule has 0 spiro atoms. The van der Waals surface area contributed by atoms with E-state index in [-0.39, 0.29) is 12.8 Å². The molecule has 0 aromatic carbocycles. The average Bonchev–Trinajstić information content (AvgIpc) is 3.10. The van der Waals surface area contributed by atoms with Gasteiger partial charge in [-0.15, -0.1) is 0 Å². The monoisotopic (exact) mass is 488 g/mol. The predicted molar refractivity (Wildman–Crippen MR) is 102 cm³/mol. The standard InChI is InChI=1S/C18H20F6GeS2/c1-11-9-13-15(26-11)16-14(10-12(2)27-16)25(13,7-3-5-17(19,20)21)8-4-6-18(22,23)24/h9-10H,3-8H2,1-2H3. The first-order chi connectivity index (χ1) is 12.4. The van der Waals surface area contributed by atoms with Gasteiger partial charge in [0.1, 0.15) is 0 Å². The molecule has 0 amide bonds. The number of hydrogen-bond acceptors (Lipinski definition) is 2. The van der Waals surface area contributed by atoms with Gasteiger partial charge in [0.25, 0.3) is 0 Å². The van der Waals surface area contributed by atoms with E-state index < -0.39 is 38.5 Å². The van der Waals surface area contributed by atoms with Crippen LogP contribution in [0.3, 0.4) is 0 Å². The molecule has 3 rings (SSSR count). The van der Waals surface area contributed by atoms with Gasteiger partial charge in [0.05, 0.1) is 0 Å². The molecule has 0 fully saturated rings. The summed E-state index contributed by atoms with van der Waals surface area (Å²) in [4.78, 5) is 4.39. The van der Waals surface area contributed by atoms with Gasteiger partial charge in [0.2, 0.25) is 0 Å². The van der Waals surface area contributed by atoms with Crippen molar-refractivity contribution in [3.8, 4) is 9.75 Å². The van der Waals surface area contributed by atoms with E-state index in [1.165, 1.54) is 0 Å². The summed E-state index contributed by atoms with van der Waals surface area (Å²) in [5, 5.41) is 0.813. The van der Waals surface area contributed by atoms with Crippen LogP contribution in [-0.4, -0.2) is 25.6 Å². The van der Waals surface area contributed by atoms with Crippen molar-refractivity contribution in [2.75, 3.05) is 0 Å². The minimum absolute atomic E-state index is 0.00180. The Morgan fingerprint density at radius 2 is 1.11 bits per heavy atom. The summed E-state index contributed by atoms with van der Waals surface area (Å²) in [6.07, 6.45) is -10.2. The number of rotatable bonds is 6. The second-order valence-corrected chi connectivity index (χ2v) is 18.6. The Labute approximate surface area is 165 Å². The molecule has 0 radical (unpaired) electrons. The van der Waals surface area contributed by atoms with Gasteiger partial charge in [0.15, 0.2) is 0 Å². The molecule has 27 heavy (non-hydrogen) atoms. The van der Waals surface area contributed by atoms with Crippen molar-refractivity contribution >= 4 is 44.7 Å². The van der Waals surface area contributed by atoms with Crippen LogP contribution in [0, 0.1) is 13.8 Å². The third-order valence-corrected chi connectivity index (χ3v) is 19.1. The van der Waals surface area contributed by atoms with Crippen LogP contribution in [0.5, 0.6) is 0 Å². The molecule has 150 valence electrons. The Bertz CT molecular complexity index is 747. The summed E-state index contributed by atoms with van der Waals surface area (Å²) in [7, 11) is 0. The van der Waals surface area contributed by atoms with Gasteiger partial charge in [0, 0.05) is 0 Å². The Hall–Kier alpha value is -0.477. The van der Waals surface area contributed by atoms with Gasteiger partial charge in [-0.1, -0.05) is 0 Å². The van der Waals surface area contributed by atoms with Crippen molar-refractivity contribution in [1.29, 1.82) is 0 Å². The predicted octanol–water partition coefficient (Wildman–Crippen LogP) is 6.65. The van der Waals surface area contributed by atoms with Gasteiger partial charge in [-0.2, -0.15) is 0 Å². The molecule has 2 aromatic rings. The van der Waals surface area contributed by atoms with Crippen LogP contribution < -0.4 is 8.79 Å². The van der Waals surface area contributed by atoms with E-state index in [1.54, 1.807) is 22.7 Å². The molecule has 0 N–H and O–H groups in total. The molecule has 1 aliphatic rings. The molecule has 0 aliphatic carbocycles. The zero-order valence-electron chi connectivity index (χ0n) is 15.0. The van der Waals surface area contributed by atoms with Crippen LogP contribution in [0.25, 0.3) is 9.75 Å². The number of hydrogen-bond donors (Lipinski definition) is 0. The van der Waals surface area contributed by atoms with E-state index in [9.17, 15) is 26.3 Å². The van der Waals surface area contributed by atoms with Crippen molar-refractivity contribution in [2.24, 2.45) is 0 Å². The molecule has 0 unspecified atom stereocenters. The zero-order valence-corrected chi connectivity index (χ0v) is 18.7. The molecule has 9 heteroatoms. The molecule has 2 aromatic heterocycles. The second-order valence-electron chi connectivity index (χ2n) is 7.22. The van der Waals surface area contributed by atoms with E-state index in [4.69, 9.17) is 0 Å². The fourth-order valence-electron chi connectivity index (χ4n) is 4.07. The SMILES string of the molecule is Cc1c[c]2c(s1)-c1sc(C)c[c]1[Ge]2([CH2]CCC(F)(F)F)[CH2]CCC(F)(F)F. The number of halogens is 6. The van der Waals surface area contributed by atoms with Gasteiger partial charge < -0.3 is 0 Å². The molecule has 1 aliphatic heterocycles. The van der Waals surface area contributed by atoms with Crippen LogP contribution in [-0.2, 0) is 0 Å². The van der Waals surface area contributed by atoms with Crippen LogP contribution in [0.4, 0.5) is 26.3 Å². The number of alkyl halides is 6. The summed E-state index contributed by atoms with van der Waals surface area (Å²) in [6.45, 7) is 3.92. The van der Waals surface area contributed by atoms with Crippen LogP contribution in [0.2, 0.25) is 10.5 Å². The van der Waals surface area contributed by atoms with E-state index in [0.29, 0.717) is 10.5 Å². The molecular weight excluding hydrogens is 467 g/mol. The quantitative estimate of drug-likeness (QED) is 0.316. The fourth-order valence-corrected chi connectivity index (χ4v) is 20.6. The van der Waals surface area contributed by atoms with Gasteiger partial charge in [-0.05, 0) is 0 Å². The second kappa shape index (κ2) is 7.41. The summed E-state index contributed by atoms with van der Waals surface area (Å²) < 4.78 is 78.7. The van der Waals surface area contributed by atoms with Crippen molar-refractivity contribution in [3.63, 3.8) is 0 Å². The van der Waals surface area contributed by atoms with Crippen LogP contribution in [0.15, 0.2) is 12.1 Å². The minimum atomic E-state index is -4.23. The van der Waals surface area contributed by atoms with Crippen molar-refractivity contribution in [3.05, 3.63) is 21.9 Å². The van der Waals surface area contributed by atoms with E-state index in [1.807, 2.05) is 26.0 Å². The summed E-state index contributed by atoms with van der Waals surface area (Å²) in [6, 6.07) is 4.09. The molecule has 0 bridgehead atoms. The van der Waals surface area contributed by atoms with Crippen LogP contribution >= 0.6 is 22.7 Å². The van der Waals surface area contributed by atoms with Gasteiger partial charge in [-0.3, -0.25) is 0 Å². The maximum atomic E-state index is 12.7. The molecule has 0 saturated heterocycles. The topological polar surface area (TPSA) is 0 Å². The maximum absolute atomic E-state index is 12.7. The van der Waals surface area contributed by atoms with Crippen LogP contribution in [0.1, 0.15) is 35.4 Å². The third-order valence-electron chi connectivity index (χ3n) is 5.08. The van der Waals surface area contributed by atoms with E-state index >= 15 is 0 Å². The van der Waals surface area contributed by atoms with E-state index in [2.05, 4.69) is 0 Å². The number of fused-ring (bicyclic) bond motifs is 3. The Balaban J connectivity index is 1.97. The van der Waals surface area contributed by atoms with Crippen molar-refractivity contribution < 1.29 is 26.3 Å². The molecule has 0 atom stereocenters. The zero-order chi connectivity index (χ0) is 20.0. The number of aryl methyl sites for hydroxylation is 2. The first kappa shape index (κ1) is 21.2. The van der Waals surface area contributed by atoms with Gasteiger partial charge >= 0.3 is 165 Å². The summed E-state index contributed by atoms with van der Waals surface area (Å²) >= 11 is -0.0136.